The third kappa shape index (κ3) is 2.93. The Morgan fingerprint density at radius 3 is 2.82 bits per heavy atom. The molecule has 2 nitrogen and oxygen atoms in total. The zero-order chi connectivity index (χ0) is 12.3. The van der Waals surface area contributed by atoms with Crippen molar-refractivity contribution in [1.82, 2.24) is 5.32 Å². The number of benzene rings is 1. The Hall–Kier alpha value is -0.730. The van der Waals surface area contributed by atoms with E-state index in [1.165, 1.54) is 12.1 Å². The fourth-order valence-electron chi connectivity index (χ4n) is 2.47. The SMILES string of the molecule is CCC1CN(c2cccc(Cl)c2)C(CC)CN1. The van der Waals surface area contributed by atoms with Crippen molar-refractivity contribution in [3.63, 3.8) is 0 Å². The molecule has 2 rings (SSSR count). The summed E-state index contributed by atoms with van der Waals surface area (Å²) in [5, 5.41) is 4.43. The van der Waals surface area contributed by atoms with Crippen LogP contribution in [0.25, 0.3) is 0 Å². The summed E-state index contributed by atoms with van der Waals surface area (Å²) in [6, 6.07) is 9.38. The fourth-order valence-corrected chi connectivity index (χ4v) is 2.66. The van der Waals surface area contributed by atoms with Gasteiger partial charge in [-0.25, -0.2) is 0 Å². The van der Waals surface area contributed by atoms with Crippen LogP contribution in [-0.4, -0.2) is 25.2 Å². The maximum atomic E-state index is 6.08. The van der Waals surface area contributed by atoms with Gasteiger partial charge in [0.05, 0.1) is 0 Å². The van der Waals surface area contributed by atoms with Gasteiger partial charge in [0.25, 0.3) is 0 Å². The smallest absolute Gasteiger partial charge is 0.0426 e. The van der Waals surface area contributed by atoms with Crippen molar-refractivity contribution in [3.05, 3.63) is 29.3 Å². The Labute approximate surface area is 109 Å². The van der Waals surface area contributed by atoms with Gasteiger partial charge in [-0.15, -0.1) is 0 Å². The highest BCUT2D eigenvalue weighted by atomic mass is 35.5. The molecule has 94 valence electrons. The zero-order valence-electron chi connectivity index (χ0n) is 10.6. The van der Waals surface area contributed by atoms with E-state index in [2.05, 4.69) is 36.2 Å². The summed E-state index contributed by atoms with van der Waals surface area (Å²) in [4.78, 5) is 2.50. The molecule has 0 bridgehead atoms. The zero-order valence-corrected chi connectivity index (χ0v) is 11.4. The number of nitrogens with one attached hydrogen (secondary N) is 1. The standard InChI is InChI=1S/C14H21ClN2/c1-3-12-10-17(13(4-2)9-16-12)14-7-5-6-11(15)8-14/h5-8,12-13,16H,3-4,9-10H2,1-2H3. The third-order valence-corrected chi connectivity index (χ3v) is 3.84. The van der Waals surface area contributed by atoms with Crippen LogP contribution in [-0.2, 0) is 0 Å². The average molecular weight is 253 g/mol. The first-order chi connectivity index (χ1) is 8.24. The lowest BCUT2D eigenvalue weighted by molar-refractivity contribution is 0.379. The minimum absolute atomic E-state index is 0.580. The van der Waals surface area contributed by atoms with Crippen molar-refractivity contribution >= 4 is 17.3 Å². The second-order valence-corrected chi connectivity index (χ2v) is 5.14. The maximum absolute atomic E-state index is 6.08. The number of halogens is 1. The molecule has 0 spiro atoms. The second-order valence-electron chi connectivity index (χ2n) is 4.71. The van der Waals surface area contributed by atoms with Crippen molar-refractivity contribution < 1.29 is 0 Å². The first-order valence-electron chi connectivity index (χ1n) is 6.50. The lowest BCUT2D eigenvalue weighted by Gasteiger charge is -2.41. The van der Waals surface area contributed by atoms with E-state index >= 15 is 0 Å². The molecule has 2 atom stereocenters. The van der Waals surface area contributed by atoms with Gasteiger partial charge in [0.15, 0.2) is 0 Å². The summed E-state index contributed by atoms with van der Waals surface area (Å²) in [6.07, 6.45) is 2.34. The lowest BCUT2D eigenvalue weighted by atomic mass is 10.0. The van der Waals surface area contributed by atoms with Gasteiger partial charge in [0.1, 0.15) is 0 Å². The Kier molecular flexibility index (Phi) is 4.30. The number of piperazine rings is 1. The van der Waals surface area contributed by atoms with Crippen molar-refractivity contribution in [2.45, 2.75) is 38.8 Å². The van der Waals surface area contributed by atoms with E-state index < -0.39 is 0 Å². The Morgan fingerprint density at radius 2 is 2.18 bits per heavy atom. The summed E-state index contributed by atoms with van der Waals surface area (Å²) in [6.45, 7) is 6.63. The molecule has 1 aromatic carbocycles. The summed E-state index contributed by atoms with van der Waals surface area (Å²) in [7, 11) is 0. The first kappa shape index (κ1) is 12.7. The van der Waals surface area contributed by atoms with E-state index in [1.807, 2.05) is 12.1 Å². The van der Waals surface area contributed by atoms with Gasteiger partial charge in [-0.3, -0.25) is 0 Å². The van der Waals surface area contributed by atoms with Crippen molar-refractivity contribution in [2.24, 2.45) is 0 Å². The molecule has 1 N–H and O–H groups in total. The van der Waals surface area contributed by atoms with Gasteiger partial charge in [0, 0.05) is 35.9 Å². The number of nitrogens with zero attached hydrogens (tertiary/aromatic N) is 1. The Balaban J connectivity index is 2.20. The molecule has 0 aromatic heterocycles. The molecule has 1 aromatic rings. The van der Waals surface area contributed by atoms with Gasteiger partial charge in [-0.05, 0) is 31.0 Å². The minimum atomic E-state index is 0.580. The minimum Gasteiger partial charge on any atom is -0.366 e. The topological polar surface area (TPSA) is 15.3 Å². The Morgan fingerprint density at radius 1 is 1.35 bits per heavy atom. The molecule has 1 heterocycles. The molecule has 3 heteroatoms. The average Bonchev–Trinajstić information content (AvgIpc) is 2.38. The van der Waals surface area contributed by atoms with Crippen LogP contribution in [0, 0.1) is 0 Å². The van der Waals surface area contributed by atoms with Gasteiger partial charge in [-0.2, -0.15) is 0 Å². The van der Waals surface area contributed by atoms with Gasteiger partial charge in [-0.1, -0.05) is 31.5 Å². The molecule has 1 aliphatic heterocycles. The van der Waals surface area contributed by atoms with E-state index in [0.717, 1.165) is 24.5 Å². The quantitative estimate of drug-likeness (QED) is 0.888. The van der Waals surface area contributed by atoms with E-state index in [0.29, 0.717) is 12.1 Å². The fraction of sp³-hybridized carbons (Fsp3) is 0.571. The largest absolute Gasteiger partial charge is 0.366 e. The van der Waals surface area contributed by atoms with E-state index in [4.69, 9.17) is 11.6 Å². The predicted octanol–water partition coefficient (Wildman–Crippen LogP) is 3.31. The van der Waals surface area contributed by atoms with E-state index in [-0.39, 0.29) is 0 Å². The molecular formula is C14H21ClN2. The van der Waals surface area contributed by atoms with Gasteiger partial charge < -0.3 is 10.2 Å². The first-order valence-corrected chi connectivity index (χ1v) is 6.88. The molecule has 0 aliphatic carbocycles. The van der Waals surface area contributed by atoms with Crippen LogP contribution in [0.4, 0.5) is 5.69 Å². The van der Waals surface area contributed by atoms with Gasteiger partial charge >= 0.3 is 0 Å². The van der Waals surface area contributed by atoms with Crippen molar-refractivity contribution in [2.75, 3.05) is 18.0 Å². The van der Waals surface area contributed by atoms with Crippen LogP contribution < -0.4 is 10.2 Å². The monoisotopic (exact) mass is 252 g/mol. The molecule has 0 amide bonds. The third-order valence-electron chi connectivity index (χ3n) is 3.60. The van der Waals surface area contributed by atoms with Crippen LogP contribution >= 0.6 is 11.6 Å². The molecule has 0 radical (unpaired) electrons. The van der Waals surface area contributed by atoms with Crippen LogP contribution in [0.1, 0.15) is 26.7 Å². The second kappa shape index (κ2) is 5.74. The molecule has 1 fully saturated rings. The highest BCUT2D eigenvalue weighted by Crippen LogP contribution is 2.24. The van der Waals surface area contributed by atoms with Crippen molar-refractivity contribution in [1.29, 1.82) is 0 Å². The number of hydrogen-bond donors (Lipinski definition) is 1. The molecule has 1 aliphatic rings. The normalized spacial score (nSPS) is 25.0. The number of anilines is 1. The summed E-state index contributed by atoms with van der Waals surface area (Å²) in [5.74, 6) is 0. The molecular weight excluding hydrogens is 232 g/mol. The number of hydrogen-bond acceptors (Lipinski definition) is 2. The van der Waals surface area contributed by atoms with Crippen LogP contribution in [0.2, 0.25) is 5.02 Å². The Bertz CT molecular complexity index is 367. The van der Waals surface area contributed by atoms with E-state index in [9.17, 15) is 0 Å². The lowest BCUT2D eigenvalue weighted by Crippen LogP contribution is -2.56. The molecule has 1 saturated heterocycles. The van der Waals surface area contributed by atoms with E-state index in [1.54, 1.807) is 0 Å². The molecule has 17 heavy (non-hydrogen) atoms. The predicted molar refractivity (Wildman–Crippen MR) is 75.0 cm³/mol. The van der Waals surface area contributed by atoms with Crippen molar-refractivity contribution in [3.8, 4) is 0 Å². The highest BCUT2D eigenvalue weighted by molar-refractivity contribution is 6.30. The maximum Gasteiger partial charge on any atom is 0.0426 e. The van der Waals surface area contributed by atoms with Crippen LogP contribution in [0.15, 0.2) is 24.3 Å². The summed E-state index contributed by atoms with van der Waals surface area (Å²) >= 11 is 6.08. The highest BCUT2D eigenvalue weighted by Gasteiger charge is 2.25. The summed E-state index contributed by atoms with van der Waals surface area (Å²) in [5.41, 5.74) is 1.25. The van der Waals surface area contributed by atoms with Crippen LogP contribution in [0.3, 0.4) is 0 Å². The van der Waals surface area contributed by atoms with Gasteiger partial charge in [0.2, 0.25) is 0 Å². The number of rotatable bonds is 3. The van der Waals surface area contributed by atoms with Crippen LogP contribution in [0.5, 0.6) is 0 Å². The molecule has 0 saturated carbocycles. The molecule has 2 unspecified atom stereocenters. The summed E-state index contributed by atoms with van der Waals surface area (Å²) < 4.78 is 0.